The van der Waals surface area contributed by atoms with Crippen LogP contribution in [0.4, 0.5) is 4.79 Å². The molecule has 0 saturated heterocycles. The van der Waals surface area contributed by atoms with Gasteiger partial charge in [-0.25, -0.2) is 9.59 Å². The molecule has 0 aliphatic heterocycles. The molecule has 0 aromatic carbocycles. The van der Waals surface area contributed by atoms with Gasteiger partial charge in [0.05, 0.1) is 13.7 Å². The number of carboxylic acids is 1. The average Bonchev–Trinajstić information content (AvgIpc) is 2.23. The molecular formula is C9H15NO6. The Morgan fingerprint density at radius 1 is 1.38 bits per heavy atom. The van der Waals surface area contributed by atoms with Crippen molar-refractivity contribution in [3.8, 4) is 0 Å². The predicted molar refractivity (Wildman–Crippen MR) is 52.8 cm³/mol. The number of alkyl carbamates (subject to hydrolysis) is 1. The zero-order valence-electron chi connectivity index (χ0n) is 9.19. The van der Waals surface area contributed by atoms with Gasteiger partial charge in [0.25, 0.3) is 0 Å². The number of carboxylic acid groups (broad SMARTS) is 1. The monoisotopic (exact) mass is 233 g/mol. The molecule has 0 saturated carbocycles. The van der Waals surface area contributed by atoms with E-state index in [-0.39, 0.29) is 19.4 Å². The van der Waals surface area contributed by atoms with Gasteiger partial charge in [0.15, 0.2) is 0 Å². The van der Waals surface area contributed by atoms with Gasteiger partial charge in [0.2, 0.25) is 0 Å². The molecule has 1 unspecified atom stereocenters. The number of carbonyl (C=O) groups is 3. The summed E-state index contributed by atoms with van der Waals surface area (Å²) in [5, 5.41) is 10.9. The first kappa shape index (κ1) is 14.2. The van der Waals surface area contributed by atoms with Crippen LogP contribution < -0.4 is 5.32 Å². The molecule has 1 atom stereocenters. The van der Waals surface area contributed by atoms with E-state index in [2.05, 4.69) is 14.8 Å². The highest BCUT2D eigenvalue weighted by Crippen LogP contribution is 2.00. The second-order valence-corrected chi connectivity index (χ2v) is 2.87. The SMILES string of the molecule is CCOC(=O)NC(CCC(=O)OC)C(=O)O. The second kappa shape index (κ2) is 7.49. The predicted octanol–water partition coefficient (Wildman–Crippen LogP) is 0.139. The Balaban J connectivity index is 4.12. The fourth-order valence-electron chi connectivity index (χ4n) is 0.937. The number of esters is 1. The zero-order chi connectivity index (χ0) is 12.6. The molecule has 7 heteroatoms. The topological polar surface area (TPSA) is 102 Å². The first-order valence-electron chi connectivity index (χ1n) is 4.74. The molecule has 0 heterocycles. The van der Waals surface area contributed by atoms with Gasteiger partial charge in [-0.15, -0.1) is 0 Å². The highest BCUT2D eigenvalue weighted by molar-refractivity contribution is 5.80. The highest BCUT2D eigenvalue weighted by Gasteiger charge is 2.21. The van der Waals surface area contributed by atoms with Gasteiger partial charge in [-0.05, 0) is 13.3 Å². The lowest BCUT2D eigenvalue weighted by Gasteiger charge is -2.13. The molecule has 1 amide bonds. The lowest BCUT2D eigenvalue weighted by Crippen LogP contribution is -2.41. The van der Waals surface area contributed by atoms with Crippen LogP contribution in [0.1, 0.15) is 19.8 Å². The molecule has 0 aromatic heterocycles. The number of carbonyl (C=O) groups excluding carboxylic acids is 2. The van der Waals surface area contributed by atoms with Crippen molar-refractivity contribution < 1.29 is 29.0 Å². The van der Waals surface area contributed by atoms with Crippen LogP contribution in [0.15, 0.2) is 0 Å². The third-order valence-electron chi connectivity index (χ3n) is 1.73. The van der Waals surface area contributed by atoms with Crippen LogP contribution >= 0.6 is 0 Å². The minimum absolute atomic E-state index is 0.0409. The number of nitrogens with one attached hydrogen (secondary N) is 1. The van der Waals surface area contributed by atoms with Crippen molar-refractivity contribution in [2.24, 2.45) is 0 Å². The van der Waals surface area contributed by atoms with E-state index in [1.54, 1.807) is 6.92 Å². The standard InChI is InChI=1S/C9H15NO6/c1-3-16-9(14)10-6(8(12)13)4-5-7(11)15-2/h6H,3-5H2,1-2H3,(H,10,14)(H,12,13). The average molecular weight is 233 g/mol. The van der Waals surface area contributed by atoms with Gasteiger partial charge in [0.1, 0.15) is 6.04 Å². The first-order valence-corrected chi connectivity index (χ1v) is 4.74. The summed E-state index contributed by atoms with van der Waals surface area (Å²) >= 11 is 0. The number of amides is 1. The molecule has 7 nitrogen and oxygen atoms in total. The third-order valence-corrected chi connectivity index (χ3v) is 1.73. The van der Waals surface area contributed by atoms with Crippen LogP contribution in [0, 0.1) is 0 Å². The molecule has 0 aliphatic rings. The summed E-state index contributed by atoms with van der Waals surface area (Å²) in [4.78, 5) is 32.5. The van der Waals surface area contributed by atoms with Crippen molar-refractivity contribution in [3.63, 3.8) is 0 Å². The molecule has 0 spiro atoms. The maximum Gasteiger partial charge on any atom is 0.407 e. The zero-order valence-corrected chi connectivity index (χ0v) is 9.19. The molecule has 0 bridgehead atoms. The minimum atomic E-state index is -1.23. The van der Waals surface area contributed by atoms with Gasteiger partial charge in [-0.2, -0.15) is 0 Å². The van der Waals surface area contributed by atoms with Crippen LogP contribution in [-0.4, -0.2) is 42.9 Å². The number of methoxy groups -OCH3 is 1. The van der Waals surface area contributed by atoms with Gasteiger partial charge in [0, 0.05) is 6.42 Å². The second-order valence-electron chi connectivity index (χ2n) is 2.87. The fourth-order valence-corrected chi connectivity index (χ4v) is 0.937. The molecule has 0 aliphatic carbocycles. The van der Waals surface area contributed by atoms with Gasteiger partial charge >= 0.3 is 18.0 Å². The quantitative estimate of drug-likeness (QED) is 0.632. The summed E-state index contributed by atoms with van der Waals surface area (Å²) in [5.41, 5.74) is 0. The summed E-state index contributed by atoms with van der Waals surface area (Å²) in [6.45, 7) is 1.75. The van der Waals surface area contributed by atoms with E-state index in [0.29, 0.717) is 0 Å². The Morgan fingerprint density at radius 2 is 2.00 bits per heavy atom. The summed E-state index contributed by atoms with van der Waals surface area (Å²) in [6.07, 6.45) is -0.944. The van der Waals surface area contributed by atoms with Crippen molar-refractivity contribution in [1.82, 2.24) is 5.32 Å². The van der Waals surface area contributed by atoms with Crippen molar-refractivity contribution in [1.29, 1.82) is 0 Å². The number of ether oxygens (including phenoxy) is 2. The lowest BCUT2D eigenvalue weighted by atomic mass is 10.1. The van der Waals surface area contributed by atoms with Crippen LogP contribution in [0.25, 0.3) is 0 Å². The summed E-state index contributed by atoms with van der Waals surface area (Å²) < 4.78 is 8.88. The Bertz CT molecular complexity index is 265. The van der Waals surface area contributed by atoms with E-state index in [0.717, 1.165) is 0 Å². The Hall–Kier alpha value is -1.79. The molecule has 92 valence electrons. The Morgan fingerprint density at radius 3 is 2.44 bits per heavy atom. The van der Waals surface area contributed by atoms with E-state index < -0.39 is 24.1 Å². The van der Waals surface area contributed by atoms with Gasteiger partial charge < -0.3 is 19.9 Å². The smallest absolute Gasteiger partial charge is 0.407 e. The van der Waals surface area contributed by atoms with Gasteiger partial charge in [-0.3, -0.25) is 4.79 Å². The van der Waals surface area contributed by atoms with Crippen LogP contribution in [0.2, 0.25) is 0 Å². The summed E-state index contributed by atoms with van der Waals surface area (Å²) in [6, 6.07) is -1.15. The number of hydrogen-bond donors (Lipinski definition) is 2. The summed E-state index contributed by atoms with van der Waals surface area (Å²) in [7, 11) is 1.21. The largest absolute Gasteiger partial charge is 0.480 e. The van der Waals surface area contributed by atoms with Crippen molar-refractivity contribution >= 4 is 18.0 Å². The molecule has 0 aromatic rings. The number of hydrogen-bond acceptors (Lipinski definition) is 5. The maximum atomic E-state index is 11.0. The van der Waals surface area contributed by atoms with E-state index in [1.807, 2.05) is 0 Å². The van der Waals surface area contributed by atoms with Crippen LogP contribution in [-0.2, 0) is 19.1 Å². The number of aliphatic carboxylic acids is 1. The molecule has 16 heavy (non-hydrogen) atoms. The van der Waals surface area contributed by atoms with E-state index in [1.165, 1.54) is 7.11 Å². The fraction of sp³-hybridized carbons (Fsp3) is 0.667. The lowest BCUT2D eigenvalue weighted by molar-refractivity contribution is -0.142. The molecule has 2 N–H and O–H groups in total. The van der Waals surface area contributed by atoms with Crippen molar-refractivity contribution in [2.45, 2.75) is 25.8 Å². The first-order chi connectivity index (χ1) is 7.51. The van der Waals surface area contributed by atoms with Crippen molar-refractivity contribution in [2.75, 3.05) is 13.7 Å². The van der Waals surface area contributed by atoms with Crippen LogP contribution in [0.5, 0.6) is 0 Å². The Kier molecular flexibility index (Phi) is 6.66. The maximum absolute atomic E-state index is 11.0. The normalized spacial score (nSPS) is 11.4. The highest BCUT2D eigenvalue weighted by atomic mass is 16.5. The van der Waals surface area contributed by atoms with E-state index in [9.17, 15) is 14.4 Å². The Labute approximate surface area is 92.7 Å². The van der Waals surface area contributed by atoms with Gasteiger partial charge in [-0.1, -0.05) is 0 Å². The van der Waals surface area contributed by atoms with E-state index >= 15 is 0 Å². The summed E-state index contributed by atoms with van der Waals surface area (Å²) in [5.74, 6) is -1.76. The van der Waals surface area contributed by atoms with E-state index in [4.69, 9.17) is 5.11 Å². The third kappa shape index (κ3) is 5.84. The molecular weight excluding hydrogens is 218 g/mol. The number of rotatable bonds is 6. The minimum Gasteiger partial charge on any atom is -0.480 e. The van der Waals surface area contributed by atoms with Crippen LogP contribution in [0.3, 0.4) is 0 Å². The molecule has 0 fully saturated rings. The van der Waals surface area contributed by atoms with Crippen molar-refractivity contribution in [3.05, 3.63) is 0 Å². The molecule has 0 rings (SSSR count). The molecule has 0 radical (unpaired) electrons.